The highest BCUT2D eigenvalue weighted by Crippen LogP contribution is 2.05. The SMILES string of the molecule is C[C](C)C(=O)C(C)C. The number of ketones is 1. The number of carbonyl (C=O) groups is 1. The molecule has 1 heteroatoms. The molecule has 0 aromatic rings. The van der Waals surface area contributed by atoms with Gasteiger partial charge in [-0.05, 0) is 0 Å². The first-order valence-corrected chi connectivity index (χ1v) is 2.90. The summed E-state index contributed by atoms with van der Waals surface area (Å²) in [4.78, 5) is 10.8. The quantitative estimate of drug-likeness (QED) is 0.534. The van der Waals surface area contributed by atoms with Crippen LogP contribution >= 0.6 is 0 Å². The Balaban J connectivity index is 3.65. The minimum absolute atomic E-state index is 0.167. The summed E-state index contributed by atoms with van der Waals surface area (Å²) in [6, 6.07) is 0. The van der Waals surface area contributed by atoms with Crippen molar-refractivity contribution in [2.24, 2.45) is 5.92 Å². The molecule has 0 aromatic carbocycles. The minimum Gasteiger partial charge on any atom is -0.299 e. The van der Waals surface area contributed by atoms with Crippen LogP contribution < -0.4 is 0 Å². The van der Waals surface area contributed by atoms with Gasteiger partial charge in [-0.2, -0.15) is 0 Å². The zero-order valence-electron chi connectivity index (χ0n) is 5.99. The Morgan fingerprint density at radius 1 is 1.25 bits per heavy atom. The summed E-state index contributed by atoms with van der Waals surface area (Å²) in [5.74, 6) is 1.34. The van der Waals surface area contributed by atoms with Crippen LogP contribution in [-0.2, 0) is 4.79 Å². The van der Waals surface area contributed by atoms with Crippen molar-refractivity contribution in [1.82, 2.24) is 0 Å². The van der Waals surface area contributed by atoms with E-state index in [4.69, 9.17) is 0 Å². The highest BCUT2D eigenvalue weighted by molar-refractivity contribution is 5.92. The van der Waals surface area contributed by atoms with Crippen LogP contribution in [0, 0.1) is 11.8 Å². The first-order chi connectivity index (χ1) is 3.55. The van der Waals surface area contributed by atoms with Crippen molar-refractivity contribution in [3.8, 4) is 0 Å². The van der Waals surface area contributed by atoms with Gasteiger partial charge in [-0.15, -0.1) is 0 Å². The number of hydrogen-bond donors (Lipinski definition) is 0. The molecule has 8 heavy (non-hydrogen) atoms. The summed E-state index contributed by atoms with van der Waals surface area (Å²) < 4.78 is 0. The maximum Gasteiger partial charge on any atom is 0.141 e. The molecule has 0 heterocycles. The number of hydrogen-bond acceptors (Lipinski definition) is 1. The molecule has 0 amide bonds. The minimum atomic E-state index is 0.167. The topological polar surface area (TPSA) is 17.1 Å². The smallest absolute Gasteiger partial charge is 0.141 e. The molecule has 0 rings (SSSR count). The molecule has 0 bridgehead atoms. The Hall–Kier alpha value is -0.330. The van der Waals surface area contributed by atoms with E-state index in [1.807, 2.05) is 27.7 Å². The molecule has 0 aliphatic carbocycles. The van der Waals surface area contributed by atoms with E-state index in [-0.39, 0.29) is 11.7 Å². The molecule has 0 fully saturated rings. The van der Waals surface area contributed by atoms with Gasteiger partial charge in [0.25, 0.3) is 0 Å². The predicted molar refractivity (Wildman–Crippen MR) is 34.4 cm³/mol. The third-order valence-corrected chi connectivity index (χ3v) is 1.02. The van der Waals surface area contributed by atoms with E-state index in [1.54, 1.807) is 0 Å². The van der Waals surface area contributed by atoms with Gasteiger partial charge in [0.1, 0.15) is 5.78 Å². The molecule has 1 nitrogen and oxygen atoms in total. The third kappa shape index (κ3) is 2.10. The van der Waals surface area contributed by atoms with Crippen LogP contribution in [-0.4, -0.2) is 5.78 Å². The van der Waals surface area contributed by atoms with Gasteiger partial charge in [-0.1, -0.05) is 27.7 Å². The lowest BCUT2D eigenvalue weighted by Crippen LogP contribution is -2.11. The standard InChI is InChI=1S/C7H13O/c1-5(2)7(8)6(3)4/h5H,1-4H3. The summed E-state index contributed by atoms with van der Waals surface area (Å²) >= 11 is 0. The van der Waals surface area contributed by atoms with E-state index in [0.717, 1.165) is 5.92 Å². The van der Waals surface area contributed by atoms with Crippen LogP contribution in [0.15, 0.2) is 0 Å². The second kappa shape index (κ2) is 2.85. The molecule has 0 aliphatic heterocycles. The van der Waals surface area contributed by atoms with Crippen LogP contribution in [0.3, 0.4) is 0 Å². The molecule has 0 saturated heterocycles. The number of rotatable bonds is 2. The largest absolute Gasteiger partial charge is 0.299 e. The fraction of sp³-hybridized carbons (Fsp3) is 0.714. The molecule has 0 spiro atoms. The zero-order chi connectivity index (χ0) is 6.73. The monoisotopic (exact) mass is 113 g/mol. The fourth-order valence-corrected chi connectivity index (χ4v) is 0.577. The highest BCUT2D eigenvalue weighted by atomic mass is 16.1. The fourth-order valence-electron chi connectivity index (χ4n) is 0.577. The predicted octanol–water partition coefficient (Wildman–Crippen LogP) is 1.83. The average molecular weight is 113 g/mol. The normalized spacial score (nSPS) is 10.8. The summed E-state index contributed by atoms with van der Waals surface area (Å²) in [5, 5.41) is 0. The summed E-state index contributed by atoms with van der Waals surface area (Å²) in [6.07, 6.45) is 0. The van der Waals surface area contributed by atoms with Crippen molar-refractivity contribution in [2.45, 2.75) is 27.7 Å². The van der Waals surface area contributed by atoms with Crippen LogP contribution in [0.1, 0.15) is 27.7 Å². The molecule has 0 aromatic heterocycles. The molecule has 0 N–H and O–H groups in total. The van der Waals surface area contributed by atoms with Crippen LogP contribution in [0.5, 0.6) is 0 Å². The van der Waals surface area contributed by atoms with Crippen LogP contribution in [0.2, 0.25) is 0 Å². The highest BCUT2D eigenvalue weighted by Gasteiger charge is 2.10. The molecular formula is C7H13O. The van der Waals surface area contributed by atoms with Crippen LogP contribution in [0.25, 0.3) is 0 Å². The zero-order valence-corrected chi connectivity index (χ0v) is 5.99. The van der Waals surface area contributed by atoms with Gasteiger partial charge in [-0.25, -0.2) is 0 Å². The summed E-state index contributed by atoms with van der Waals surface area (Å²) in [7, 11) is 0. The van der Waals surface area contributed by atoms with Gasteiger partial charge < -0.3 is 0 Å². The second-order valence-electron chi connectivity index (χ2n) is 2.52. The van der Waals surface area contributed by atoms with E-state index >= 15 is 0 Å². The Labute approximate surface area is 51.1 Å². The summed E-state index contributed by atoms with van der Waals surface area (Å²) in [6.45, 7) is 7.52. The van der Waals surface area contributed by atoms with Gasteiger partial charge >= 0.3 is 0 Å². The Kier molecular flexibility index (Phi) is 2.74. The van der Waals surface area contributed by atoms with Crippen molar-refractivity contribution in [1.29, 1.82) is 0 Å². The average Bonchev–Trinajstić information content (AvgIpc) is 1.64. The molecule has 1 radical (unpaired) electrons. The molecular weight excluding hydrogens is 100 g/mol. The lowest BCUT2D eigenvalue weighted by atomic mass is 9.99. The van der Waals surface area contributed by atoms with Crippen molar-refractivity contribution >= 4 is 5.78 Å². The maximum atomic E-state index is 10.8. The van der Waals surface area contributed by atoms with Crippen molar-refractivity contribution < 1.29 is 4.79 Å². The number of carbonyl (C=O) groups excluding carboxylic acids is 1. The molecule has 47 valence electrons. The van der Waals surface area contributed by atoms with Gasteiger partial charge in [0.15, 0.2) is 0 Å². The first-order valence-electron chi connectivity index (χ1n) is 2.90. The van der Waals surface area contributed by atoms with Crippen molar-refractivity contribution in [3.05, 3.63) is 5.92 Å². The Bertz CT molecular complexity index is 72.4. The van der Waals surface area contributed by atoms with Gasteiger partial charge in [0.2, 0.25) is 0 Å². The van der Waals surface area contributed by atoms with E-state index in [0.29, 0.717) is 0 Å². The molecule has 0 atom stereocenters. The molecule has 0 unspecified atom stereocenters. The van der Waals surface area contributed by atoms with E-state index < -0.39 is 0 Å². The number of Topliss-reactive ketones (excluding diaryl/α,β-unsaturated/α-hetero) is 1. The van der Waals surface area contributed by atoms with Crippen LogP contribution in [0.4, 0.5) is 0 Å². The molecule has 0 aliphatic rings. The van der Waals surface area contributed by atoms with Gasteiger partial charge in [0.05, 0.1) is 0 Å². The molecule has 0 saturated carbocycles. The third-order valence-electron chi connectivity index (χ3n) is 1.02. The van der Waals surface area contributed by atoms with Gasteiger partial charge in [0, 0.05) is 11.8 Å². The second-order valence-corrected chi connectivity index (χ2v) is 2.52. The van der Waals surface area contributed by atoms with E-state index in [1.165, 1.54) is 0 Å². The van der Waals surface area contributed by atoms with Gasteiger partial charge in [-0.3, -0.25) is 4.79 Å². The van der Waals surface area contributed by atoms with E-state index in [9.17, 15) is 4.79 Å². The lowest BCUT2D eigenvalue weighted by Gasteiger charge is -2.04. The van der Waals surface area contributed by atoms with Crippen molar-refractivity contribution in [3.63, 3.8) is 0 Å². The lowest BCUT2D eigenvalue weighted by molar-refractivity contribution is -0.119. The maximum absolute atomic E-state index is 10.8. The Morgan fingerprint density at radius 2 is 1.62 bits per heavy atom. The summed E-state index contributed by atoms with van der Waals surface area (Å²) in [5.41, 5.74) is 0. The first kappa shape index (κ1) is 7.67. The van der Waals surface area contributed by atoms with Crippen molar-refractivity contribution in [2.75, 3.05) is 0 Å². The Morgan fingerprint density at radius 3 is 1.62 bits per heavy atom. The van der Waals surface area contributed by atoms with E-state index in [2.05, 4.69) is 0 Å².